The standard InChI is InChI=1S/C18H31N3O4/c1-7-19-18(21-13(2)12-22-3)20-11-10-14-8-9-15(23-4)17(25-6)16(14)24-5/h8-9,13H,7,10-12H2,1-6H3,(H2,19,20,21). The third kappa shape index (κ3) is 6.34. The van der Waals surface area contributed by atoms with Crippen LogP contribution in [0.5, 0.6) is 17.2 Å². The molecule has 1 atom stereocenters. The molecule has 0 aliphatic carbocycles. The number of rotatable bonds is 10. The topological polar surface area (TPSA) is 73.3 Å². The second kappa shape index (κ2) is 11.4. The summed E-state index contributed by atoms with van der Waals surface area (Å²) in [7, 11) is 6.52. The van der Waals surface area contributed by atoms with Gasteiger partial charge < -0.3 is 29.6 Å². The van der Waals surface area contributed by atoms with Crippen LogP contribution in [0.2, 0.25) is 0 Å². The van der Waals surface area contributed by atoms with Gasteiger partial charge in [0.2, 0.25) is 5.75 Å². The molecule has 0 spiro atoms. The Morgan fingerprint density at radius 2 is 1.80 bits per heavy atom. The summed E-state index contributed by atoms with van der Waals surface area (Å²) in [4.78, 5) is 4.62. The molecular weight excluding hydrogens is 322 g/mol. The van der Waals surface area contributed by atoms with Crippen molar-refractivity contribution in [3.05, 3.63) is 17.7 Å². The van der Waals surface area contributed by atoms with Crippen molar-refractivity contribution < 1.29 is 18.9 Å². The number of aliphatic imine (C=N–C) groups is 1. The fourth-order valence-corrected chi connectivity index (χ4v) is 2.49. The summed E-state index contributed by atoms with van der Waals surface area (Å²) < 4.78 is 21.4. The average molecular weight is 353 g/mol. The Hall–Kier alpha value is -2.15. The van der Waals surface area contributed by atoms with E-state index in [2.05, 4.69) is 15.6 Å². The molecule has 0 saturated carbocycles. The van der Waals surface area contributed by atoms with Gasteiger partial charge in [-0.05, 0) is 26.3 Å². The van der Waals surface area contributed by atoms with Gasteiger partial charge in [-0.1, -0.05) is 6.07 Å². The van der Waals surface area contributed by atoms with Crippen LogP contribution in [0.1, 0.15) is 19.4 Å². The van der Waals surface area contributed by atoms with E-state index >= 15 is 0 Å². The second-order valence-corrected chi connectivity index (χ2v) is 5.50. The van der Waals surface area contributed by atoms with E-state index < -0.39 is 0 Å². The van der Waals surface area contributed by atoms with Crippen LogP contribution in [0.3, 0.4) is 0 Å². The molecule has 0 amide bonds. The van der Waals surface area contributed by atoms with Crippen molar-refractivity contribution in [2.45, 2.75) is 26.3 Å². The summed E-state index contributed by atoms with van der Waals surface area (Å²) in [6.07, 6.45) is 0.721. The van der Waals surface area contributed by atoms with Crippen LogP contribution in [-0.4, -0.2) is 60.1 Å². The van der Waals surface area contributed by atoms with Gasteiger partial charge in [-0.15, -0.1) is 0 Å². The van der Waals surface area contributed by atoms with Gasteiger partial charge >= 0.3 is 0 Å². The molecule has 2 N–H and O–H groups in total. The van der Waals surface area contributed by atoms with Gasteiger partial charge in [0.05, 0.1) is 27.9 Å². The summed E-state index contributed by atoms with van der Waals surface area (Å²) in [5.41, 5.74) is 1.02. The molecule has 7 heteroatoms. The first-order valence-corrected chi connectivity index (χ1v) is 8.42. The molecule has 0 aromatic heterocycles. The molecular formula is C18H31N3O4. The zero-order chi connectivity index (χ0) is 18.7. The van der Waals surface area contributed by atoms with Gasteiger partial charge in [0.25, 0.3) is 0 Å². The van der Waals surface area contributed by atoms with Crippen molar-refractivity contribution in [3.8, 4) is 17.2 Å². The van der Waals surface area contributed by atoms with Crippen LogP contribution in [0.15, 0.2) is 17.1 Å². The molecule has 0 heterocycles. The number of hydrogen-bond acceptors (Lipinski definition) is 5. The number of ether oxygens (including phenoxy) is 4. The summed E-state index contributed by atoms with van der Waals surface area (Å²) in [5.74, 6) is 2.70. The summed E-state index contributed by atoms with van der Waals surface area (Å²) in [5, 5.41) is 6.55. The largest absolute Gasteiger partial charge is 0.493 e. The first-order valence-electron chi connectivity index (χ1n) is 8.42. The molecule has 0 bridgehead atoms. The van der Waals surface area contributed by atoms with Crippen LogP contribution in [0.25, 0.3) is 0 Å². The van der Waals surface area contributed by atoms with Crippen molar-refractivity contribution in [2.75, 3.05) is 48.1 Å². The maximum Gasteiger partial charge on any atom is 0.203 e. The molecule has 7 nitrogen and oxygen atoms in total. The molecule has 0 radical (unpaired) electrons. The lowest BCUT2D eigenvalue weighted by molar-refractivity contribution is 0.179. The maximum absolute atomic E-state index is 5.51. The molecule has 25 heavy (non-hydrogen) atoms. The fourth-order valence-electron chi connectivity index (χ4n) is 2.49. The van der Waals surface area contributed by atoms with Crippen LogP contribution in [0, 0.1) is 0 Å². The van der Waals surface area contributed by atoms with Crippen molar-refractivity contribution >= 4 is 5.96 Å². The minimum Gasteiger partial charge on any atom is -0.493 e. The van der Waals surface area contributed by atoms with E-state index in [0.717, 1.165) is 24.5 Å². The highest BCUT2D eigenvalue weighted by Gasteiger charge is 2.15. The quantitative estimate of drug-likeness (QED) is 0.494. The first kappa shape index (κ1) is 20.9. The molecule has 1 aromatic rings. The number of hydrogen-bond donors (Lipinski definition) is 2. The fraction of sp³-hybridized carbons (Fsp3) is 0.611. The van der Waals surface area contributed by atoms with Gasteiger partial charge in [-0.2, -0.15) is 0 Å². The van der Waals surface area contributed by atoms with Crippen molar-refractivity contribution in [1.82, 2.24) is 10.6 Å². The lowest BCUT2D eigenvalue weighted by atomic mass is 10.1. The molecule has 0 aliphatic rings. The minimum atomic E-state index is 0.179. The number of nitrogens with one attached hydrogen (secondary N) is 2. The lowest BCUT2D eigenvalue weighted by Crippen LogP contribution is -2.44. The summed E-state index contributed by atoms with van der Waals surface area (Å²) in [6.45, 7) is 6.11. The van der Waals surface area contributed by atoms with Crippen LogP contribution >= 0.6 is 0 Å². The zero-order valence-electron chi connectivity index (χ0n) is 16.1. The molecule has 1 aromatic carbocycles. The smallest absolute Gasteiger partial charge is 0.203 e. The minimum absolute atomic E-state index is 0.179. The molecule has 1 rings (SSSR count). The van der Waals surface area contributed by atoms with Gasteiger partial charge in [0.15, 0.2) is 17.5 Å². The molecule has 0 fully saturated rings. The number of benzene rings is 1. The zero-order valence-corrected chi connectivity index (χ0v) is 16.1. The highest BCUT2D eigenvalue weighted by Crippen LogP contribution is 2.39. The SMILES string of the molecule is CCNC(=NCCc1ccc(OC)c(OC)c1OC)NC(C)COC. The molecule has 0 saturated heterocycles. The third-order valence-corrected chi connectivity index (χ3v) is 3.58. The molecule has 1 unspecified atom stereocenters. The highest BCUT2D eigenvalue weighted by atomic mass is 16.5. The Kier molecular flexibility index (Phi) is 9.54. The highest BCUT2D eigenvalue weighted by molar-refractivity contribution is 5.80. The summed E-state index contributed by atoms with van der Waals surface area (Å²) in [6, 6.07) is 4.03. The Bertz CT molecular complexity index is 549. The van der Waals surface area contributed by atoms with Gasteiger partial charge in [0, 0.05) is 31.8 Å². The van der Waals surface area contributed by atoms with Gasteiger partial charge in [-0.3, -0.25) is 4.99 Å². The van der Waals surface area contributed by atoms with Crippen LogP contribution < -0.4 is 24.8 Å². The first-order chi connectivity index (χ1) is 12.1. The number of methoxy groups -OCH3 is 4. The van der Waals surface area contributed by atoms with Gasteiger partial charge in [-0.25, -0.2) is 0 Å². The number of guanidine groups is 1. The van der Waals surface area contributed by atoms with E-state index in [-0.39, 0.29) is 6.04 Å². The Morgan fingerprint density at radius 3 is 2.36 bits per heavy atom. The Morgan fingerprint density at radius 1 is 1.08 bits per heavy atom. The summed E-state index contributed by atoms with van der Waals surface area (Å²) >= 11 is 0. The predicted molar refractivity (Wildman–Crippen MR) is 100 cm³/mol. The predicted octanol–water partition coefficient (Wildman–Crippen LogP) is 1.84. The monoisotopic (exact) mass is 353 g/mol. The average Bonchev–Trinajstić information content (AvgIpc) is 2.61. The Labute approximate surface area is 150 Å². The number of nitrogens with zero attached hydrogens (tertiary/aromatic N) is 1. The van der Waals surface area contributed by atoms with E-state index in [1.54, 1.807) is 28.4 Å². The third-order valence-electron chi connectivity index (χ3n) is 3.58. The van der Waals surface area contributed by atoms with E-state index in [1.165, 1.54) is 0 Å². The lowest BCUT2D eigenvalue weighted by Gasteiger charge is -2.17. The second-order valence-electron chi connectivity index (χ2n) is 5.50. The van der Waals surface area contributed by atoms with E-state index in [1.807, 2.05) is 26.0 Å². The van der Waals surface area contributed by atoms with E-state index in [9.17, 15) is 0 Å². The van der Waals surface area contributed by atoms with E-state index in [4.69, 9.17) is 18.9 Å². The van der Waals surface area contributed by atoms with Crippen molar-refractivity contribution in [2.24, 2.45) is 4.99 Å². The molecule has 142 valence electrons. The van der Waals surface area contributed by atoms with Crippen LogP contribution in [0.4, 0.5) is 0 Å². The molecule has 0 aliphatic heterocycles. The normalized spacial score (nSPS) is 12.5. The van der Waals surface area contributed by atoms with Gasteiger partial charge in [0.1, 0.15) is 0 Å². The van der Waals surface area contributed by atoms with E-state index in [0.29, 0.717) is 30.4 Å². The van der Waals surface area contributed by atoms with Crippen molar-refractivity contribution in [1.29, 1.82) is 0 Å². The van der Waals surface area contributed by atoms with Crippen LogP contribution in [-0.2, 0) is 11.2 Å². The maximum atomic E-state index is 5.51. The van der Waals surface area contributed by atoms with Crippen molar-refractivity contribution in [3.63, 3.8) is 0 Å². The Balaban J connectivity index is 2.84.